The Morgan fingerprint density at radius 1 is 1.19 bits per heavy atom. The fourth-order valence-electron chi connectivity index (χ4n) is 5.38. The van der Waals surface area contributed by atoms with Crippen LogP contribution in [-0.4, -0.2) is 98.9 Å². The number of fused-ring (bicyclic) bond motifs is 2. The number of likely N-dealkylation sites (N-methyl/N-ethyl adjacent to an activating group) is 1. The van der Waals surface area contributed by atoms with Gasteiger partial charge < -0.3 is 30.4 Å². The van der Waals surface area contributed by atoms with Crippen molar-refractivity contribution in [1.82, 2.24) is 34.9 Å². The minimum atomic E-state index is -0.591. The van der Waals surface area contributed by atoms with Gasteiger partial charge in [0.25, 0.3) is 0 Å². The summed E-state index contributed by atoms with van der Waals surface area (Å²) in [4.78, 5) is 29.6. The van der Waals surface area contributed by atoms with Crippen molar-refractivity contribution < 1.29 is 19.0 Å². The van der Waals surface area contributed by atoms with Crippen molar-refractivity contribution in [2.24, 2.45) is 0 Å². The van der Waals surface area contributed by atoms with Crippen molar-refractivity contribution >= 4 is 45.0 Å². The molecule has 4 heterocycles. The Morgan fingerprint density at radius 3 is 2.81 bits per heavy atom. The second-order valence-electron chi connectivity index (χ2n) is 10.4. The van der Waals surface area contributed by atoms with E-state index in [4.69, 9.17) is 4.74 Å². The van der Waals surface area contributed by atoms with E-state index in [1.807, 2.05) is 24.3 Å². The number of anilines is 3. The van der Waals surface area contributed by atoms with Crippen molar-refractivity contribution in [3.05, 3.63) is 60.3 Å². The Bertz CT molecular complexity index is 1730. The molecule has 0 aliphatic carbocycles. The number of hydrogen-bond donors (Lipinski definition) is 5. The van der Waals surface area contributed by atoms with Crippen LogP contribution in [0.15, 0.2) is 48.9 Å². The Hall–Kier alpha value is -4.43. The number of benzene rings is 2. The summed E-state index contributed by atoms with van der Waals surface area (Å²) in [6.45, 7) is 3.41. The van der Waals surface area contributed by atoms with Crippen LogP contribution in [-0.2, 0) is 16.1 Å². The molecule has 3 aromatic heterocycles. The number of rotatable bonds is 9. The van der Waals surface area contributed by atoms with Gasteiger partial charge in [-0.05, 0) is 30.8 Å². The lowest BCUT2D eigenvalue weighted by Crippen LogP contribution is -2.54. The van der Waals surface area contributed by atoms with Crippen LogP contribution in [0.1, 0.15) is 5.56 Å². The zero-order chi connectivity index (χ0) is 29.2. The number of hydrogen-bond acceptors (Lipinski definition) is 9. The molecule has 1 aliphatic rings. The summed E-state index contributed by atoms with van der Waals surface area (Å²) < 4.78 is 20.5. The van der Waals surface area contributed by atoms with Gasteiger partial charge in [0.1, 0.15) is 11.7 Å². The van der Waals surface area contributed by atoms with Gasteiger partial charge in [-0.25, -0.2) is 14.4 Å². The molecule has 5 N–H and O–H groups in total. The Balaban J connectivity index is 1.27. The molecule has 42 heavy (non-hydrogen) atoms. The van der Waals surface area contributed by atoms with Gasteiger partial charge >= 0.3 is 0 Å². The average Bonchev–Trinajstić information content (AvgIpc) is 3.65. The average molecular weight is 574 g/mol. The number of aliphatic hydroxyl groups is 1. The number of aromatic amines is 2. The first-order valence-corrected chi connectivity index (χ1v) is 13.6. The van der Waals surface area contributed by atoms with E-state index in [9.17, 15) is 9.90 Å². The molecule has 6 rings (SSSR count). The van der Waals surface area contributed by atoms with Gasteiger partial charge in [0, 0.05) is 61.5 Å². The molecule has 0 bridgehead atoms. The molecule has 1 atom stereocenters. The fourth-order valence-corrected chi connectivity index (χ4v) is 5.38. The number of nitrogens with one attached hydrogen (secondary N) is 4. The van der Waals surface area contributed by atoms with Crippen LogP contribution in [0, 0.1) is 5.82 Å². The highest BCUT2D eigenvalue weighted by Crippen LogP contribution is 2.34. The van der Waals surface area contributed by atoms with Crippen molar-refractivity contribution in [3.8, 4) is 11.3 Å². The lowest BCUT2D eigenvalue weighted by atomic mass is 10.1. The number of aromatic nitrogens is 5. The van der Waals surface area contributed by atoms with E-state index in [1.165, 1.54) is 0 Å². The van der Waals surface area contributed by atoms with Gasteiger partial charge in [0.15, 0.2) is 5.82 Å². The molecule has 12 nitrogen and oxygen atoms in total. The lowest BCUT2D eigenvalue weighted by molar-refractivity contribution is -0.124. The number of para-hydroxylation sites is 1. The van der Waals surface area contributed by atoms with Gasteiger partial charge in [0.2, 0.25) is 11.9 Å². The third-order valence-electron chi connectivity index (χ3n) is 7.65. The number of nitrogens with zero attached hydrogens (tertiary/aromatic N) is 5. The molecule has 1 fully saturated rings. The molecule has 1 aliphatic heterocycles. The number of carbonyl (C=O) groups excluding carboxylic acids is 1. The van der Waals surface area contributed by atoms with Gasteiger partial charge in [-0.1, -0.05) is 12.1 Å². The summed E-state index contributed by atoms with van der Waals surface area (Å²) >= 11 is 0. The Morgan fingerprint density at radius 2 is 2.02 bits per heavy atom. The molecule has 5 aromatic rings. The number of piperazine rings is 1. The zero-order valence-electron chi connectivity index (χ0n) is 23.3. The summed E-state index contributed by atoms with van der Waals surface area (Å²) in [5, 5.41) is 24.3. The molecule has 2 aromatic carbocycles. The van der Waals surface area contributed by atoms with E-state index in [0.29, 0.717) is 33.4 Å². The number of ether oxygens (including phenoxy) is 1. The van der Waals surface area contributed by atoms with Crippen LogP contribution in [0.3, 0.4) is 0 Å². The molecule has 0 spiro atoms. The first kappa shape index (κ1) is 27.7. The summed E-state index contributed by atoms with van der Waals surface area (Å²) in [6.07, 6.45) is 4.43. The van der Waals surface area contributed by atoms with Gasteiger partial charge in [-0.3, -0.25) is 14.8 Å². The van der Waals surface area contributed by atoms with Crippen molar-refractivity contribution in [2.75, 3.05) is 57.6 Å². The minimum Gasteiger partial charge on any atom is -0.392 e. The highest BCUT2D eigenvalue weighted by Gasteiger charge is 2.29. The monoisotopic (exact) mass is 573 g/mol. The van der Waals surface area contributed by atoms with Crippen LogP contribution >= 0.6 is 0 Å². The molecular formula is C29H32FN9O3. The number of aliphatic hydroxyl groups excluding tert-OH is 1. The summed E-state index contributed by atoms with van der Waals surface area (Å²) in [5.41, 5.74) is 3.88. The number of halogens is 1. The van der Waals surface area contributed by atoms with Crippen LogP contribution in [0.4, 0.5) is 21.7 Å². The van der Waals surface area contributed by atoms with E-state index in [2.05, 4.69) is 52.6 Å². The topological polar surface area (TPSA) is 147 Å². The molecule has 218 valence electrons. The Labute approximate surface area is 240 Å². The normalized spacial score (nSPS) is 15.3. The fraction of sp³-hybridized carbons (Fsp3) is 0.310. The number of H-pyrrole nitrogens is 2. The van der Waals surface area contributed by atoms with Crippen molar-refractivity contribution in [3.63, 3.8) is 0 Å². The molecule has 1 saturated heterocycles. The van der Waals surface area contributed by atoms with E-state index in [1.54, 1.807) is 25.6 Å². The van der Waals surface area contributed by atoms with Gasteiger partial charge in [0.05, 0.1) is 42.3 Å². The molecule has 0 radical (unpaired) electrons. The van der Waals surface area contributed by atoms with Crippen LogP contribution in [0.5, 0.6) is 0 Å². The predicted octanol–water partition coefficient (Wildman–Crippen LogP) is 3.08. The quantitative estimate of drug-likeness (QED) is 0.179. The first-order valence-electron chi connectivity index (χ1n) is 13.6. The third kappa shape index (κ3) is 5.42. The highest BCUT2D eigenvalue weighted by atomic mass is 19.1. The lowest BCUT2D eigenvalue weighted by Gasteiger charge is -2.36. The van der Waals surface area contributed by atoms with Crippen molar-refractivity contribution in [2.45, 2.75) is 12.6 Å². The number of carbonyl (C=O) groups is 1. The SMILES string of the molecule is COCC(C(=O)Nc1cccc2c(-c3nc(Nc4cc(CO)c5cn[nH]c5c4)ncc3F)c[nH]c12)N1CCN(C)CC1. The minimum absolute atomic E-state index is 0.0990. The molecular weight excluding hydrogens is 541 g/mol. The van der Waals surface area contributed by atoms with E-state index >= 15 is 4.39 Å². The number of amides is 1. The predicted molar refractivity (Wildman–Crippen MR) is 158 cm³/mol. The second-order valence-corrected chi connectivity index (χ2v) is 10.4. The van der Waals surface area contributed by atoms with E-state index in [0.717, 1.165) is 43.3 Å². The maximum atomic E-state index is 15.1. The van der Waals surface area contributed by atoms with Crippen LogP contribution < -0.4 is 10.6 Å². The number of methoxy groups -OCH3 is 1. The van der Waals surface area contributed by atoms with Crippen LogP contribution in [0.2, 0.25) is 0 Å². The zero-order valence-corrected chi connectivity index (χ0v) is 23.3. The van der Waals surface area contributed by atoms with Gasteiger partial charge in [-0.2, -0.15) is 5.10 Å². The summed E-state index contributed by atoms with van der Waals surface area (Å²) in [5.74, 6) is -0.574. The summed E-state index contributed by atoms with van der Waals surface area (Å²) in [7, 11) is 3.66. The smallest absolute Gasteiger partial charge is 0.244 e. The maximum absolute atomic E-state index is 15.1. The Kier molecular flexibility index (Phi) is 7.80. The highest BCUT2D eigenvalue weighted by molar-refractivity contribution is 6.06. The first-order chi connectivity index (χ1) is 20.4. The van der Waals surface area contributed by atoms with E-state index in [-0.39, 0.29) is 30.8 Å². The largest absolute Gasteiger partial charge is 0.392 e. The molecule has 1 unspecified atom stereocenters. The summed E-state index contributed by atoms with van der Waals surface area (Å²) in [6, 6.07) is 8.61. The maximum Gasteiger partial charge on any atom is 0.244 e. The molecule has 0 saturated carbocycles. The standard InChI is InChI=1S/C29H32FN9O3/c1-38-6-8-39(9-7-38)25(16-42-2)28(41)35-23-5-3-4-19-21(12-31-27(19)23)26-22(30)14-32-29(36-26)34-18-10-17(15-40)20-13-33-37-24(20)11-18/h3-5,10-14,25,31,40H,6-9,15-16H2,1-2H3,(H,33,37)(H,35,41)(H,32,34,36). The second kappa shape index (κ2) is 11.8. The van der Waals surface area contributed by atoms with Crippen molar-refractivity contribution in [1.29, 1.82) is 0 Å². The molecule has 1 amide bonds. The van der Waals surface area contributed by atoms with Gasteiger partial charge in [-0.15, -0.1) is 0 Å². The van der Waals surface area contributed by atoms with Crippen LogP contribution in [0.25, 0.3) is 33.1 Å². The third-order valence-corrected chi connectivity index (χ3v) is 7.65. The molecule has 13 heteroatoms. The van der Waals surface area contributed by atoms with E-state index < -0.39 is 11.9 Å².